The highest BCUT2D eigenvalue weighted by Crippen LogP contribution is 2.32. The molecular formula is C16H18ClNO3. The number of ketones is 2. The number of nitrogens with zero attached hydrogens (tertiary/aromatic N) is 1. The number of Topliss-reactive ketones (excluding diaryl/α,β-unsaturated/α-hetero) is 2. The van der Waals surface area contributed by atoms with E-state index in [-0.39, 0.29) is 24.1 Å². The lowest BCUT2D eigenvalue weighted by Gasteiger charge is -2.24. The van der Waals surface area contributed by atoms with Crippen molar-refractivity contribution in [2.75, 3.05) is 13.2 Å². The van der Waals surface area contributed by atoms with E-state index in [1.54, 1.807) is 6.07 Å². The number of aliphatic imine (C=N–C) groups is 1. The molecule has 0 heterocycles. The van der Waals surface area contributed by atoms with E-state index in [0.29, 0.717) is 30.8 Å². The Morgan fingerprint density at radius 1 is 1.29 bits per heavy atom. The molecule has 2 rings (SSSR count). The van der Waals surface area contributed by atoms with Crippen molar-refractivity contribution in [1.82, 2.24) is 0 Å². The first kappa shape index (κ1) is 15.9. The molecule has 0 unspecified atom stereocenters. The molecule has 0 spiro atoms. The van der Waals surface area contributed by atoms with Crippen molar-refractivity contribution in [2.45, 2.75) is 25.2 Å². The van der Waals surface area contributed by atoms with E-state index in [2.05, 4.69) is 4.99 Å². The number of aliphatic hydroxyl groups is 1. The van der Waals surface area contributed by atoms with Crippen LogP contribution in [-0.4, -0.2) is 36.0 Å². The first-order chi connectivity index (χ1) is 10.1. The van der Waals surface area contributed by atoms with Crippen molar-refractivity contribution in [3.63, 3.8) is 0 Å². The van der Waals surface area contributed by atoms with Crippen LogP contribution in [0, 0.1) is 5.92 Å². The molecule has 5 heteroatoms. The van der Waals surface area contributed by atoms with Crippen molar-refractivity contribution in [3.05, 3.63) is 34.9 Å². The third kappa shape index (κ3) is 4.22. The van der Waals surface area contributed by atoms with Crippen LogP contribution in [0.3, 0.4) is 0 Å². The molecule has 0 aliphatic heterocycles. The zero-order valence-electron chi connectivity index (χ0n) is 11.7. The van der Waals surface area contributed by atoms with Crippen LogP contribution in [0.25, 0.3) is 0 Å². The van der Waals surface area contributed by atoms with Gasteiger partial charge in [-0.2, -0.15) is 0 Å². The summed E-state index contributed by atoms with van der Waals surface area (Å²) in [6, 6.07) is 7.30. The van der Waals surface area contributed by atoms with Crippen LogP contribution in [0.5, 0.6) is 0 Å². The highest BCUT2D eigenvalue weighted by Gasteiger charge is 2.34. The predicted molar refractivity (Wildman–Crippen MR) is 82.0 cm³/mol. The Morgan fingerprint density at radius 3 is 2.62 bits per heavy atom. The smallest absolute Gasteiger partial charge is 0.149 e. The SMILES string of the molecule is O=C1CC(c2cccc(Cl)c2)CC(=O)C1C=NCCCO. The van der Waals surface area contributed by atoms with E-state index in [0.717, 1.165) is 5.56 Å². The van der Waals surface area contributed by atoms with E-state index in [1.165, 1.54) is 6.21 Å². The van der Waals surface area contributed by atoms with Crippen LogP contribution >= 0.6 is 11.6 Å². The quantitative estimate of drug-likeness (QED) is 0.516. The number of carbonyl (C=O) groups is 2. The monoisotopic (exact) mass is 307 g/mol. The van der Waals surface area contributed by atoms with Crippen LogP contribution in [0.15, 0.2) is 29.3 Å². The summed E-state index contributed by atoms with van der Waals surface area (Å²) in [5.74, 6) is -1.00. The molecule has 0 bridgehead atoms. The number of rotatable bonds is 5. The number of halogens is 1. The van der Waals surface area contributed by atoms with Gasteiger partial charge in [0.2, 0.25) is 0 Å². The largest absolute Gasteiger partial charge is 0.396 e. The lowest BCUT2D eigenvalue weighted by molar-refractivity contribution is -0.133. The zero-order valence-corrected chi connectivity index (χ0v) is 12.4. The number of hydrogen-bond donors (Lipinski definition) is 1. The lowest BCUT2D eigenvalue weighted by Crippen LogP contribution is -2.33. The van der Waals surface area contributed by atoms with E-state index < -0.39 is 5.92 Å². The second kappa shape index (κ2) is 7.48. The van der Waals surface area contributed by atoms with Gasteiger partial charge in [0, 0.05) is 37.2 Å². The minimum absolute atomic E-state index is 0.0563. The molecular weight excluding hydrogens is 290 g/mol. The van der Waals surface area contributed by atoms with Crippen molar-refractivity contribution in [2.24, 2.45) is 10.9 Å². The van der Waals surface area contributed by atoms with Gasteiger partial charge in [0.05, 0.1) is 0 Å². The standard InChI is InChI=1S/C16H18ClNO3/c17-13-4-1-3-11(7-13)12-8-15(20)14(16(21)9-12)10-18-5-2-6-19/h1,3-4,7,10,12,14,19H,2,5-6,8-9H2. The second-order valence-electron chi connectivity index (χ2n) is 5.20. The Hall–Kier alpha value is -1.52. The maximum absolute atomic E-state index is 12.1. The van der Waals surface area contributed by atoms with Crippen LogP contribution in [0.1, 0.15) is 30.7 Å². The average Bonchev–Trinajstić information content (AvgIpc) is 2.45. The van der Waals surface area contributed by atoms with E-state index in [1.807, 2.05) is 18.2 Å². The molecule has 1 fully saturated rings. The summed E-state index contributed by atoms with van der Waals surface area (Å²) in [6.45, 7) is 0.492. The van der Waals surface area contributed by atoms with Crippen molar-refractivity contribution >= 4 is 29.4 Å². The van der Waals surface area contributed by atoms with Crippen LogP contribution < -0.4 is 0 Å². The van der Waals surface area contributed by atoms with Gasteiger partial charge in [0.15, 0.2) is 0 Å². The maximum atomic E-state index is 12.1. The van der Waals surface area contributed by atoms with Crippen LogP contribution in [0.4, 0.5) is 0 Å². The minimum Gasteiger partial charge on any atom is -0.396 e. The molecule has 0 saturated heterocycles. The molecule has 21 heavy (non-hydrogen) atoms. The van der Waals surface area contributed by atoms with Gasteiger partial charge in [-0.15, -0.1) is 0 Å². The molecule has 0 atom stereocenters. The minimum atomic E-state index is -0.723. The van der Waals surface area contributed by atoms with Gasteiger partial charge in [0.1, 0.15) is 17.5 Å². The third-order valence-electron chi connectivity index (χ3n) is 3.61. The van der Waals surface area contributed by atoms with Crippen molar-refractivity contribution < 1.29 is 14.7 Å². The summed E-state index contributed by atoms with van der Waals surface area (Å²) >= 11 is 5.95. The van der Waals surface area contributed by atoms with Crippen LogP contribution in [-0.2, 0) is 9.59 Å². The molecule has 1 aliphatic rings. The topological polar surface area (TPSA) is 66.7 Å². The second-order valence-corrected chi connectivity index (χ2v) is 5.64. The average molecular weight is 308 g/mol. The van der Waals surface area contributed by atoms with E-state index >= 15 is 0 Å². The maximum Gasteiger partial charge on any atom is 0.149 e. The molecule has 0 radical (unpaired) electrons. The van der Waals surface area contributed by atoms with Gasteiger partial charge in [-0.05, 0) is 30.0 Å². The molecule has 1 aromatic rings. The summed E-state index contributed by atoms with van der Waals surface area (Å²) in [7, 11) is 0. The van der Waals surface area contributed by atoms with Gasteiger partial charge in [-0.1, -0.05) is 23.7 Å². The first-order valence-corrected chi connectivity index (χ1v) is 7.41. The Labute approximate surface area is 128 Å². The van der Waals surface area contributed by atoms with Crippen molar-refractivity contribution in [1.29, 1.82) is 0 Å². The fourth-order valence-electron chi connectivity index (χ4n) is 2.50. The Balaban J connectivity index is 2.03. The fourth-order valence-corrected chi connectivity index (χ4v) is 2.69. The summed E-state index contributed by atoms with van der Waals surface area (Å²) in [4.78, 5) is 28.3. The third-order valence-corrected chi connectivity index (χ3v) is 3.84. The van der Waals surface area contributed by atoms with E-state index in [4.69, 9.17) is 16.7 Å². The van der Waals surface area contributed by atoms with Gasteiger partial charge >= 0.3 is 0 Å². The summed E-state index contributed by atoms with van der Waals surface area (Å²) in [5, 5.41) is 9.28. The molecule has 0 amide bonds. The highest BCUT2D eigenvalue weighted by atomic mass is 35.5. The van der Waals surface area contributed by atoms with Gasteiger partial charge in [0.25, 0.3) is 0 Å². The zero-order chi connectivity index (χ0) is 15.2. The van der Waals surface area contributed by atoms with Crippen molar-refractivity contribution in [3.8, 4) is 0 Å². The fraction of sp³-hybridized carbons (Fsp3) is 0.438. The number of carbonyl (C=O) groups excluding carboxylic acids is 2. The Morgan fingerprint density at radius 2 is 2.00 bits per heavy atom. The molecule has 1 aromatic carbocycles. The number of hydrogen-bond acceptors (Lipinski definition) is 4. The number of benzene rings is 1. The summed E-state index contributed by atoms with van der Waals surface area (Å²) in [6.07, 6.45) is 2.65. The molecule has 4 nitrogen and oxygen atoms in total. The molecule has 112 valence electrons. The summed E-state index contributed by atoms with van der Waals surface area (Å²) < 4.78 is 0. The van der Waals surface area contributed by atoms with Gasteiger partial charge in [-0.25, -0.2) is 0 Å². The normalized spacial score (nSPS) is 23.0. The Bertz CT molecular complexity index is 538. The highest BCUT2D eigenvalue weighted by molar-refractivity contribution is 6.30. The lowest BCUT2D eigenvalue weighted by atomic mass is 9.77. The summed E-state index contributed by atoms with van der Waals surface area (Å²) in [5.41, 5.74) is 0.930. The molecule has 0 aromatic heterocycles. The first-order valence-electron chi connectivity index (χ1n) is 7.03. The Kier molecular flexibility index (Phi) is 5.65. The predicted octanol–water partition coefficient (Wildman–Crippen LogP) is 2.43. The number of aliphatic hydroxyl groups excluding tert-OH is 1. The van der Waals surface area contributed by atoms with Gasteiger partial charge in [-0.3, -0.25) is 14.6 Å². The molecule has 1 saturated carbocycles. The van der Waals surface area contributed by atoms with Gasteiger partial charge < -0.3 is 5.11 Å². The van der Waals surface area contributed by atoms with E-state index in [9.17, 15) is 9.59 Å². The molecule has 1 N–H and O–H groups in total. The molecule has 1 aliphatic carbocycles. The van der Waals surface area contributed by atoms with Crippen LogP contribution in [0.2, 0.25) is 5.02 Å².